The Bertz CT molecular complexity index is 589. The minimum Gasteiger partial charge on any atom is -0.345 e. The number of hydrogen-bond acceptors (Lipinski definition) is 4. The average molecular weight is 296 g/mol. The Balaban J connectivity index is 2.15. The van der Waals surface area contributed by atoms with Gasteiger partial charge in [-0.2, -0.15) is 4.31 Å². The van der Waals surface area contributed by atoms with Crippen molar-refractivity contribution in [3.63, 3.8) is 0 Å². The highest BCUT2D eigenvalue weighted by molar-refractivity contribution is 7.89. The second-order valence-electron chi connectivity index (χ2n) is 4.51. The summed E-state index contributed by atoms with van der Waals surface area (Å²) >= 11 is 0. The molecule has 0 atom stereocenters. The number of nitrogens with one attached hydrogen (secondary N) is 1. The number of aldehydes is 1. The molecule has 1 aromatic carbocycles. The predicted octanol–water partition coefficient (Wildman–Crippen LogP) is 0.400. The van der Waals surface area contributed by atoms with Gasteiger partial charge < -0.3 is 10.1 Å². The van der Waals surface area contributed by atoms with Crippen molar-refractivity contribution in [1.29, 1.82) is 0 Å². The quantitative estimate of drug-likeness (QED) is 0.797. The second-order valence-corrected chi connectivity index (χ2v) is 6.45. The van der Waals surface area contributed by atoms with E-state index in [1.807, 2.05) is 0 Å². The molecule has 0 aliphatic carbocycles. The third-order valence-electron chi connectivity index (χ3n) is 3.17. The van der Waals surface area contributed by atoms with Gasteiger partial charge in [0.1, 0.15) is 6.29 Å². The van der Waals surface area contributed by atoms with Crippen molar-refractivity contribution in [3.8, 4) is 0 Å². The van der Waals surface area contributed by atoms with Crippen LogP contribution in [0.4, 0.5) is 0 Å². The summed E-state index contributed by atoms with van der Waals surface area (Å²) < 4.78 is 26.0. The first kappa shape index (κ1) is 14.7. The molecule has 0 saturated carbocycles. The summed E-state index contributed by atoms with van der Waals surface area (Å²) in [7, 11) is -3.45. The van der Waals surface area contributed by atoms with Crippen LogP contribution in [0.15, 0.2) is 29.2 Å². The summed E-state index contributed by atoms with van der Waals surface area (Å²) in [6, 6.07) is 5.74. The lowest BCUT2D eigenvalue weighted by atomic mass is 10.2. The van der Waals surface area contributed by atoms with E-state index in [0.29, 0.717) is 24.9 Å². The highest BCUT2D eigenvalue weighted by Crippen LogP contribution is 2.20. The number of benzene rings is 1. The number of carbonyl (C=O) groups excluding carboxylic acids is 2. The van der Waals surface area contributed by atoms with Crippen LogP contribution in [0.5, 0.6) is 0 Å². The van der Waals surface area contributed by atoms with E-state index in [1.54, 1.807) is 0 Å². The van der Waals surface area contributed by atoms with Gasteiger partial charge in [0.15, 0.2) is 0 Å². The van der Waals surface area contributed by atoms with Crippen LogP contribution < -0.4 is 5.32 Å². The topological polar surface area (TPSA) is 83.5 Å². The predicted molar refractivity (Wildman–Crippen MR) is 72.8 cm³/mol. The first-order valence-corrected chi connectivity index (χ1v) is 7.82. The van der Waals surface area contributed by atoms with Crippen LogP contribution in [0.25, 0.3) is 0 Å². The Morgan fingerprint density at radius 2 is 1.80 bits per heavy atom. The molecular formula is C13H16N2O4S. The van der Waals surface area contributed by atoms with Crippen molar-refractivity contribution in [2.75, 3.05) is 19.6 Å². The summed E-state index contributed by atoms with van der Waals surface area (Å²) in [5.41, 5.74) is 0.326. The molecule has 0 spiro atoms. The largest absolute Gasteiger partial charge is 0.345 e. The highest BCUT2D eigenvalue weighted by atomic mass is 32.2. The minimum absolute atomic E-state index is 0.0628. The zero-order valence-electron chi connectivity index (χ0n) is 10.9. The van der Waals surface area contributed by atoms with Gasteiger partial charge in [-0.3, -0.25) is 4.79 Å². The number of carbonyl (C=O) groups is 2. The Labute approximate surface area is 117 Å². The fraction of sp³-hybridized carbons (Fsp3) is 0.385. The lowest BCUT2D eigenvalue weighted by molar-refractivity contribution is -0.107. The molecule has 1 aliphatic heterocycles. The van der Waals surface area contributed by atoms with Gasteiger partial charge in [0.2, 0.25) is 10.0 Å². The molecule has 1 amide bonds. The maximum Gasteiger partial charge on any atom is 0.251 e. The highest BCUT2D eigenvalue weighted by Gasteiger charge is 2.27. The summed E-state index contributed by atoms with van der Waals surface area (Å²) in [5.74, 6) is -0.401. The Morgan fingerprint density at radius 1 is 1.20 bits per heavy atom. The van der Waals surface area contributed by atoms with Crippen LogP contribution >= 0.6 is 0 Å². The lowest BCUT2D eigenvalue weighted by Crippen LogP contribution is -2.28. The van der Waals surface area contributed by atoms with Crippen molar-refractivity contribution < 1.29 is 18.0 Å². The van der Waals surface area contributed by atoms with Gasteiger partial charge in [-0.05, 0) is 37.1 Å². The van der Waals surface area contributed by atoms with Gasteiger partial charge in [0, 0.05) is 18.7 Å². The van der Waals surface area contributed by atoms with E-state index >= 15 is 0 Å². The van der Waals surface area contributed by atoms with Crippen molar-refractivity contribution in [3.05, 3.63) is 29.8 Å². The SMILES string of the molecule is O=CCNC(=O)c1ccc(S(=O)(=O)N2CCCC2)cc1. The van der Waals surface area contributed by atoms with Crippen molar-refractivity contribution in [2.45, 2.75) is 17.7 Å². The Hall–Kier alpha value is -1.73. The van der Waals surface area contributed by atoms with Gasteiger partial charge in [0.25, 0.3) is 5.91 Å². The molecule has 0 unspecified atom stereocenters. The van der Waals surface area contributed by atoms with Crippen molar-refractivity contribution >= 4 is 22.2 Å². The summed E-state index contributed by atoms with van der Waals surface area (Å²) in [5, 5.41) is 2.40. The maximum absolute atomic E-state index is 12.3. The molecule has 0 radical (unpaired) electrons. The van der Waals surface area contributed by atoms with Crippen LogP contribution in [-0.4, -0.2) is 44.6 Å². The van der Waals surface area contributed by atoms with Gasteiger partial charge in [0.05, 0.1) is 11.4 Å². The first-order valence-electron chi connectivity index (χ1n) is 6.38. The standard InChI is InChI=1S/C13H16N2O4S/c16-10-7-14-13(17)11-3-5-12(6-4-11)20(18,19)15-8-1-2-9-15/h3-6,10H,1-2,7-9H2,(H,14,17). The number of sulfonamides is 1. The Morgan fingerprint density at radius 3 is 2.35 bits per heavy atom. The van der Waals surface area contributed by atoms with Gasteiger partial charge >= 0.3 is 0 Å². The minimum atomic E-state index is -3.45. The molecule has 1 N–H and O–H groups in total. The van der Waals surface area contributed by atoms with Gasteiger partial charge in [-0.25, -0.2) is 8.42 Å². The van der Waals surface area contributed by atoms with E-state index in [1.165, 1.54) is 28.6 Å². The summed E-state index contributed by atoms with van der Waals surface area (Å²) in [6.45, 7) is 1.03. The number of amides is 1. The third-order valence-corrected chi connectivity index (χ3v) is 5.08. The molecule has 6 nitrogen and oxygen atoms in total. The molecule has 7 heteroatoms. The average Bonchev–Trinajstić information content (AvgIpc) is 3.00. The molecular weight excluding hydrogens is 280 g/mol. The molecule has 1 aromatic rings. The molecule has 2 rings (SSSR count). The monoisotopic (exact) mass is 296 g/mol. The number of rotatable bonds is 5. The molecule has 1 saturated heterocycles. The lowest BCUT2D eigenvalue weighted by Gasteiger charge is -2.15. The van der Waals surface area contributed by atoms with Crippen LogP contribution in [-0.2, 0) is 14.8 Å². The molecule has 1 fully saturated rings. The fourth-order valence-corrected chi connectivity index (χ4v) is 3.61. The molecule has 0 bridgehead atoms. The number of nitrogens with zero attached hydrogens (tertiary/aromatic N) is 1. The van der Waals surface area contributed by atoms with Crippen LogP contribution in [0.2, 0.25) is 0 Å². The summed E-state index contributed by atoms with van der Waals surface area (Å²) in [6.07, 6.45) is 2.35. The zero-order valence-corrected chi connectivity index (χ0v) is 11.7. The van der Waals surface area contributed by atoms with Gasteiger partial charge in [-0.1, -0.05) is 0 Å². The fourth-order valence-electron chi connectivity index (χ4n) is 2.09. The van der Waals surface area contributed by atoms with E-state index in [0.717, 1.165) is 12.8 Å². The molecule has 1 heterocycles. The van der Waals surface area contributed by atoms with Crippen LogP contribution in [0.3, 0.4) is 0 Å². The van der Waals surface area contributed by atoms with E-state index in [2.05, 4.69) is 5.32 Å². The number of hydrogen-bond donors (Lipinski definition) is 1. The molecule has 1 aliphatic rings. The maximum atomic E-state index is 12.3. The molecule has 108 valence electrons. The van der Waals surface area contributed by atoms with Crippen LogP contribution in [0.1, 0.15) is 23.2 Å². The zero-order chi connectivity index (χ0) is 14.6. The van der Waals surface area contributed by atoms with Crippen molar-refractivity contribution in [1.82, 2.24) is 9.62 Å². The van der Waals surface area contributed by atoms with Crippen molar-refractivity contribution in [2.24, 2.45) is 0 Å². The third kappa shape index (κ3) is 3.05. The van der Waals surface area contributed by atoms with E-state index in [-0.39, 0.29) is 11.4 Å². The van der Waals surface area contributed by atoms with E-state index in [4.69, 9.17) is 0 Å². The van der Waals surface area contributed by atoms with E-state index < -0.39 is 15.9 Å². The normalized spacial score (nSPS) is 16.0. The smallest absolute Gasteiger partial charge is 0.251 e. The first-order chi connectivity index (χ1) is 9.55. The van der Waals surface area contributed by atoms with E-state index in [9.17, 15) is 18.0 Å². The van der Waals surface area contributed by atoms with Crippen LogP contribution in [0, 0.1) is 0 Å². The van der Waals surface area contributed by atoms with Gasteiger partial charge in [-0.15, -0.1) is 0 Å². The Kier molecular flexibility index (Phi) is 4.51. The second kappa shape index (κ2) is 6.15. The molecule has 0 aromatic heterocycles. The summed E-state index contributed by atoms with van der Waals surface area (Å²) in [4.78, 5) is 22.0. The molecule has 20 heavy (non-hydrogen) atoms.